The quantitative estimate of drug-likeness (QED) is 0.802. The van der Waals surface area contributed by atoms with Crippen molar-refractivity contribution in [1.82, 2.24) is 5.32 Å². The van der Waals surface area contributed by atoms with Crippen molar-refractivity contribution in [3.8, 4) is 5.75 Å². The number of aryl methyl sites for hydroxylation is 1. The number of carbonyl (C=O) groups is 1. The number of carbonyl (C=O) groups excluding carboxylic acids is 1. The van der Waals surface area contributed by atoms with Crippen LogP contribution in [-0.2, 0) is 11.3 Å². The van der Waals surface area contributed by atoms with Crippen LogP contribution >= 0.6 is 0 Å². The molecule has 4 nitrogen and oxygen atoms in total. The van der Waals surface area contributed by atoms with Crippen molar-refractivity contribution in [3.63, 3.8) is 0 Å². The van der Waals surface area contributed by atoms with Crippen molar-refractivity contribution in [2.75, 3.05) is 12.3 Å². The Morgan fingerprint density at radius 1 is 1.10 bits per heavy atom. The van der Waals surface area contributed by atoms with E-state index in [1.54, 1.807) is 24.3 Å². The molecule has 2 rings (SSSR count). The van der Waals surface area contributed by atoms with Gasteiger partial charge in [0.1, 0.15) is 5.75 Å². The van der Waals surface area contributed by atoms with E-state index in [4.69, 9.17) is 10.5 Å². The summed E-state index contributed by atoms with van der Waals surface area (Å²) in [6.45, 7) is 2.93. The second-order valence-electron chi connectivity index (χ2n) is 4.93. The van der Waals surface area contributed by atoms with Crippen molar-refractivity contribution in [2.45, 2.75) is 19.9 Å². The molecule has 1 amide bonds. The minimum atomic E-state index is -0.0222. The third-order valence-corrected chi connectivity index (χ3v) is 3.09. The first kappa shape index (κ1) is 14.9. The van der Waals surface area contributed by atoms with Crippen molar-refractivity contribution in [3.05, 3.63) is 59.7 Å². The summed E-state index contributed by atoms with van der Waals surface area (Å²) in [4.78, 5) is 11.7. The number of nitrogen functional groups attached to an aromatic ring is 1. The van der Waals surface area contributed by atoms with Crippen LogP contribution in [0, 0.1) is 6.92 Å². The van der Waals surface area contributed by atoms with Gasteiger partial charge in [0.2, 0.25) is 5.91 Å². The van der Waals surface area contributed by atoms with E-state index in [1.807, 2.05) is 31.2 Å². The number of rotatable bonds is 6. The summed E-state index contributed by atoms with van der Waals surface area (Å²) in [5.41, 5.74) is 8.58. The summed E-state index contributed by atoms with van der Waals surface area (Å²) < 4.78 is 5.48. The van der Waals surface area contributed by atoms with Crippen LogP contribution in [0.2, 0.25) is 0 Å². The number of benzene rings is 2. The van der Waals surface area contributed by atoms with Gasteiger partial charge < -0.3 is 15.8 Å². The van der Waals surface area contributed by atoms with Crippen LogP contribution < -0.4 is 15.8 Å². The van der Waals surface area contributed by atoms with Gasteiger partial charge in [0.05, 0.1) is 13.0 Å². The maximum absolute atomic E-state index is 11.7. The van der Waals surface area contributed by atoms with E-state index in [-0.39, 0.29) is 5.91 Å². The third kappa shape index (κ3) is 5.18. The Balaban J connectivity index is 1.67. The molecule has 0 unspecified atom stereocenters. The Kier molecular flexibility index (Phi) is 5.21. The van der Waals surface area contributed by atoms with Gasteiger partial charge in [0, 0.05) is 12.2 Å². The number of hydrogen-bond donors (Lipinski definition) is 2. The Labute approximate surface area is 124 Å². The Bertz CT molecular complexity index is 577. The van der Waals surface area contributed by atoms with Crippen LogP contribution in [0.5, 0.6) is 5.75 Å². The van der Waals surface area contributed by atoms with E-state index in [0.717, 1.165) is 11.3 Å². The Morgan fingerprint density at radius 2 is 1.76 bits per heavy atom. The zero-order valence-electron chi connectivity index (χ0n) is 12.1. The Hall–Kier alpha value is -2.49. The van der Waals surface area contributed by atoms with Gasteiger partial charge in [-0.1, -0.05) is 29.8 Å². The van der Waals surface area contributed by atoms with E-state index in [0.29, 0.717) is 25.3 Å². The molecule has 0 fully saturated rings. The lowest BCUT2D eigenvalue weighted by Gasteiger charge is -2.08. The molecular weight excluding hydrogens is 264 g/mol. The monoisotopic (exact) mass is 284 g/mol. The van der Waals surface area contributed by atoms with E-state index in [1.165, 1.54) is 5.56 Å². The minimum Gasteiger partial charge on any atom is -0.493 e. The van der Waals surface area contributed by atoms with Gasteiger partial charge in [0.15, 0.2) is 0 Å². The molecule has 0 bridgehead atoms. The molecule has 0 aromatic heterocycles. The first-order valence-corrected chi connectivity index (χ1v) is 6.94. The lowest BCUT2D eigenvalue weighted by atomic mass is 10.1. The fourth-order valence-corrected chi connectivity index (χ4v) is 1.82. The minimum absolute atomic E-state index is 0.0222. The lowest BCUT2D eigenvalue weighted by molar-refractivity contribution is -0.121. The molecular formula is C17H20N2O2. The smallest absolute Gasteiger partial charge is 0.223 e. The second-order valence-corrected chi connectivity index (χ2v) is 4.93. The van der Waals surface area contributed by atoms with Gasteiger partial charge in [-0.05, 0) is 36.8 Å². The standard InChI is InChI=1S/C17H20N2O2/c1-13-2-4-14(5-3-13)12-19-17(20)10-11-21-16-8-6-15(18)7-9-16/h2-9H,10-12,18H2,1H3,(H,19,20). The van der Waals surface area contributed by atoms with Crippen LogP contribution in [0.15, 0.2) is 48.5 Å². The average molecular weight is 284 g/mol. The number of anilines is 1. The SMILES string of the molecule is Cc1ccc(CNC(=O)CCOc2ccc(N)cc2)cc1. The van der Waals surface area contributed by atoms with Crippen LogP contribution in [0.25, 0.3) is 0 Å². The van der Waals surface area contributed by atoms with E-state index >= 15 is 0 Å². The number of nitrogens with one attached hydrogen (secondary N) is 1. The maximum Gasteiger partial charge on any atom is 0.223 e. The van der Waals surface area contributed by atoms with Gasteiger partial charge in [-0.3, -0.25) is 4.79 Å². The molecule has 110 valence electrons. The molecule has 0 aliphatic carbocycles. The fourth-order valence-electron chi connectivity index (χ4n) is 1.82. The molecule has 0 aliphatic heterocycles. The number of amides is 1. The first-order valence-electron chi connectivity index (χ1n) is 6.94. The van der Waals surface area contributed by atoms with Gasteiger partial charge in [-0.15, -0.1) is 0 Å². The molecule has 0 saturated carbocycles. The van der Waals surface area contributed by atoms with E-state index in [2.05, 4.69) is 5.32 Å². The highest BCUT2D eigenvalue weighted by Gasteiger charge is 2.02. The molecule has 2 aromatic carbocycles. The molecule has 0 saturated heterocycles. The lowest BCUT2D eigenvalue weighted by Crippen LogP contribution is -2.24. The van der Waals surface area contributed by atoms with Gasteiger partial charge in [-0.25, -0.2) is 0 Å². The molecule has 4 heteroatoms. The molecule has 0 heterocycles. The topological polar surface area (TPSA) is 64.3 Å². The highest BCUT2D eigenvalue weighted by atomic mass is 16.5. The molecule has 2 aromatic rings. The van der Waals surface area contributed by atoms with E-state index in [9.17, 15) is 4.79 Å². The molecule has 0 atom stereocenters. The van der Waals surface area contributed by atoms with Crippen molar-refractivity contribution in [1.29, 1.82) is 0 Å². The summed E-state index contributed by atoms with van der Waals surface area (Å²) >= 11 is 0. The zero-order valence-corrected chi connectivity index (χ0v) is 12.1. The van der Waals surface area contributed by atoms with Crippen molar-refractivity contribution < 1.29 is 9.53 Å². The molecule has 0 radical (unpaired) electrons. The third-order valence-electron chi connectivity index (χ3n) is 3.09. The molecule has 21 heavy (non-hydrogen) atoms. The first-order chi connectivity index (χ1) is 10.1. The van der Waals surface area contributed by atoms with E-state index < -0.39 is 0 Å². The van der Waals surface area contributed by atoms with Gasteiger partial charge >= 0.3 is 0 Å². The van der Waals surface area contributed by atoms with Crippen LogP contribution in [0.3, 0.4) is 0 Å². The maximum atomic E-state index is 11.7. The van der Waals surface area contributed by atoms with Crippen LogP contribution in [-0.4, -0.2) is 12.5 Å². The summed E-state index contributed by atoms with van der Waals surface area (Å²) in [5.74, 6) is 0.696. The van der Waals surface area contributed by atoms with Crippen molar-refractivity contribution >= 4 is 11.6 Å². The van der Waals surface area contributed by atoms with Crippen LogP contribution in [0.4, 0.5) is 5.69 Å². The number of nitrogens with two attached hydrogens (primary N) is 1. The summed E-state index contributed by atoms with van der Waals surface area (Å²) in [6.07, 6.45) is 0.330. The largest absolute Gasteiger partial charge is 0.493 e. The second kappa shape index (κ2) is 7.33. The molecule has 0 aliphatic rings. The summed E-state index contributed by atoms with van der Waals surface area (Å²) in [6, 6.07) is 15.2. The van der Waals surface area contributed by atoms with Crippen LogP contribution in [0.1, 0.15) is 17.5 Å². The number of hydrogen-bond acceptors (Lipinski definition) is 3. The highest BCUT2D eigenvalue weighted by molar-refractivity contribution is 5.76. The average Bonchev–Trinajstić information content (AvgIpc) is 2.49. The van der Waals surface area contributed by atoms with Gasteiger partial charge in [0.25, 0.3) is 0 Å². The summed E-state index contributed by atoms with van der Waals surface area (Å²) in [7, 11) is 0. The highest BCUT2D eigenvalue weighted by Crippen LogP contribution is 2.13. The zero-order chi connectivity index (χ0) is 15.1. The predicted molar refractivity (Wildman–Crippen MR) is 84.0 cm³/mol. The summed E-state index contributed by atoms with van der Waals surface area (Å²) in [5, 5.41) is 2.87. The fraction of sp³-hybridized carbons (Fsp3) is 0.235. The number of ether oxygens (including phenoxy) is 1. The Morgan fingerprint density at radius 3 is 2.43 bits per heavy atom. The van der Waals surface area contributed by atoms with Crippen molar-refractivity contribution in [2.24, 2.45) is 0 Å². The predicted octanol–water partition coefficient (Wildman–Crippen LogP) is 2.66. The van der Waals surface area contributed by atoms with Gasteiger partial charge in [-0.2, -0.15) is 0 Å². The molecule has 0 spiro atoms. The normalized spacial score (nSPS) is 10.1. The molecule has 3 N–H and O–H groups in total.